The second kappa shape index (κ2) is 9.15. The lowest BCUT2D eigenvalue weighted by Crippen LogP contribution is -2.28. The first-order valence-electron chi connectivity index (χ1n) is 8.74. The Morgan fingerprint density at radius 3 is 2.31 bits per heavy atom. The molecule has 29 heavy (non-hydrogen) atoms. The minimum Gasteiger partial charge on any atom is -0.334 e. The van der Waals surface area contributed by atoms with Gasteiger partial charge in [0.05, 0.1) is 11.6 Å². The summed E-state index contributed by atoms with van der Waals surface area (Å²) in [7, 11) is 0. The fourth-order valence-electron chi connectivity index (χ4n) is 2.57. The summed E-state index contributed by atoms with van der Waals surface area (Å²) in [6.07, 6.45) is 0. The van der Waals surface area contributed by atoms with E-state index >= 15 is 0 Å². The number of benzene rings is 3. The third-order valence-electron chi connectivity index (χ3n) is 4.00. The summed E-state index contributed by atoms with van der Waals surface area (Å²) in [5, 5.41) is 17.0. The molecule has 7 heteroatoms. The van der Waals surface area contributed by atoms with Crippen LogP contribution in [0, 0.1) is 17.1 Å². The van der Waals surface area contributed by atoms with Crippen molar-refractivity contribution in [3.63, 3.8) is 0 Å². The Morgan fingerprint density at radius 1 is 0.897 bits per heavy atom. The molecule has 0 aliphatic heterocycles. The van der Waals surface area contributed by atoms with Crippen molar-refractivity contribution in [2.45, 2.75) is 6.54 Å². The average Bonchev–Trinajstić information content (AvgIpc) is 2.73. The number of nitrogens with one attached hydrogen (secondary N) is 3. The smallest absolute Gasteiger partial charge is 0.319 e. The molecule has 0 fully saturated rings. The van der Waals surface area contributed by atoms with E-state index in [0.717, 1.165) is 5.56 Å². The zero-order chi connectivity index (χ0) is 20.6. The maximum atomic E-state index is 12.9. The minimum absolute atomic E-state index is 0.238. The predicted octanol–water partition coefficient (Wildman–Crippen LogP) is 4.27. The van der Waals surface area contributed by atoms with Gasteiger partial charge in [0.15, 0.2) is 0 Å². The van der Waals surface area contributed by atoms with Crippen LogP contribution in [0.4, 0.5) is 20.6 Å². The van der Waals surface area contributed by atoms with Crippen LogP contribution in [-0.2, 0) is 6.54 Å². The first-order valence-corrected chi connectivity index (χ1v) is 8.74. The van der Waals surface area contributed by atoms with Crippen molar-refractivity contribution in [2.24, 2.45) is 0 Å². The maximum Gasteiger partial charge on any atom is 0.319 e. The molecule has 3 aromatic rings. The lowest BCUT2D eigenvalue weighted by molar-refractivity contribution is 0.102. The molecule has 0 unspecified atom stereocenters. The lowest BCUT2D eigenvalue weighted by atomic mass is 10.1. The number of amides is 3. The fourth-order valence-corrected chi connectivity index (χ4v) is 2.57. The van der Waals surface area contributed by atoms with Crippen LogP contribution in [0.25, 0.3) is 0 Å². The van der Waals surface area contributed by atoms with Crippen LogP contribution in [0.15, 0.2) is 72.8 Å². The predicted molar refractivity (Wildman–Crippen MR) is 108 cm³/mol. The normalized spacial score (nSPS) is 9.93. The molecule has 3 aromatic carbocycles. The summed E-state index contributed by atoms with van der Waals surface area (Å²) in [5.41, 5.74) is 2.50. The Bertz CT molecular complexity index is 1070. The summed E-state index contributed by atoms with van der Waals surface area (Å²) in [5.74, 6) is -0.705. The number of carbonyl (C=O) groups excluding carboxylic acids is 2. The highest BCUT2D eigenvalue weighted by Crippen LogP contribution is 2.15. The lowest BCUT2D eigenvalue weighted by Gasteiger charge is -2.10. The van der Waals surface area contributed by atoms with Gasteiger partial charge in [-0.05, 0) is 54.1 Å². The van der Waals surface area contributed by atoms with E-state index in [0.29, 0.717) is 22.5 Å². The van der Waals surface area contributed by atoms with Gasteiger partial charge in [-0.3, -0.25) is 4.79 Å². The monoisotopic (exact) mass is 388 g/mol. The Hall–Kier alpha value is -4.18. The largest absolute Gasteiger partial charge is 0.334 e. The number of urea groups is 1. The van der Waals surface area contributed by atoms with Crippen LogP contribution in [0.3, 0.4) is 0 Å². The van der Waals surface area contributed by atoms with E-state index in [1.54, 1.807) is 60.7 Å². The Kier molecular flexibility index (Phi) is 6.18. The zero-order valence-corrected chi connectivity index (χ0v) is 15.3. The zero-order valence-electron chi connectivity index (χ0n) is 15.3. The van der Waals surface area contributed by atoms with Crippen LogP contribution >= 0.6 is 0 Å². The van der Waals surface area contributed by atoms with Gasteiger partial charge in [0.1, 0.15) is 5.82 Å². The second-order valence-electron chi connectivity index (χ2n) is 6.16. The van der Waals surface area contributed by atoms with Crippen molar-refractivity contribution in [2.75, 3.05) is 10.6 Å². The number of anilines is 2. The molecule has 0 radical (unpaired) electrons. The van der Waals surface area contributed by atoms with Gasteiger partial charge in [-0.15, -0.1) is 0 Å². The summed E-state index contributed by atoms with van der Waals surface area (Å²) in [6.45, 7) is 0.238. The Labute approximate surface area is 167 Å². The number of halogens is 1. The van der Waals surface area contributed by atoms with Gasteiger partial charge in [0.25, 0.3) is 5.91 Å². The SMILES string of the molecule is N#Cc1cccc(NC(=O)c2cccc(NC(=O)NCc3ccc(F)cc3)c2)c1. The van der Waals surface area contributed by atoms with Crippen LogP contribution < -0.4 is 16.0 Å². The average molecular weight is 388 g/mol. The summed E-state index contributed by atoms with van der Waals surface area (Å²) >= 11 is 0. The molecule has 144 valence electrons. The van der Waals surface area contributed by atoms with Gasteiger partial charge in [0.2, 0.25) is 0 Å². The molecule has 3 rings (SSSR count). The van der Waals surface area contributed by atoms with Crippen molar-refractivity contribution < 1.29 is 14.0 Å². The van der Waals surface area contributed by atoms with Gasteiger partial charge in [-0.2, -0.15) is 5.26 Å². The van der Waals surface area contributed by atoms with Gasteiger partial charge >= 0.3 is 6.03 Å². The molecule has 0 spiro atoms. The topological polar surface area (TPSA) is 94.0 Å². The Balaban J connectivity index is 1.59. The highest BCUT2D eigenvalue weighted by Gasteiger charge is 2.09. The molecule has 0 aliphatic rings. The summed E-state index contributed by atoms with van der Waals surface area (Å²) in [6, 6.07) is 20.4. The molecule has 0 saturated carbocycles. The van der Waals surface area contributed by atoms with Crippen molar-refractivity contribution in [3.05, 3.63) is 95.3 Å². The summed E-state index contributed by atoms with van der Waals surface area (Å²) in [4.78, 5) is 24.5. The first-order chi connectivity index (χ1) is 14.0. The van der Waals surface area contributed by atoms with E-state index in [1.807, 2.05) is 6.07 Å². The van der Waals surface area contributed by atoms with Crippen LogP contribution in [-0.4, -0.2) is 11.9 Å². The van der Waals surface area contributed by atoms with E-state index in [-0.39, 0.29) is 18.3 Å². The van der Waals surface area contributed by atoms with E-state index in [9.17, 15) is 14.0 Å². The highest BCUT2D eigenvalue weighted by molar-refractivity contribution is 6.05. The number of rotatable bonds is 5. The van der Waals surface area contributed by atoms with Crippen molar-refractivity contribution >= 4 is 23.3 Å². The van der Waals surface area contributed by atoms with Gasteiger partial charge in [-0.25, -0.2) is 9.18 Å². The molecule has 0 atom stereocenters. The molecular weight excluding hydrogens is 371 g/mol. The van der Waals surface area contributed by atoms with E-state index in [1.165, 1.54) is 12.1 Å². The molecule has 0 bridgehead atoms. The van der Waals surface area contributed by atoms with Crippen LogP contribution in [0.1, 0.15) is 21.5 Å². The number of nitriles is 1. The quantitative estimate of drug-likeness (QED) is 0.609. The van der Waals surface area contributed by atoms with Crippen molar-refractivity contribution in [3.8, 4) is 6.07 Å². The molecule has 0 saturated heterocycles. The molecule has 0 aromatic heterocycles. The molecule has 6 nitrogen and oxygen atoms in total. The van der Waals surface area contributed by atoms with E-state index in [4.69, 9.17) is 5.26 Å². The number of hydrogen-bond acceptors (Lipinski definition) is 3. The minimum atomic E-state index is -0.450. The summed E-state index contributed by atoms with van der Waals surface area (Å²) < 4.78 is 12.9. The van der Waals surface area contributed by atoms with Crippen molar-refractivity contribution in [1.29, 1.82) is 5.26 Å². The Morgan fingerprint density at radius 2 is 1.59 bits per heavy atom. The fraction of sp³-hybridized carbons (Fsp3) is 0.0455. The van der Waals surface area contributed by atoms with Crippen LogP contribution in [0.5, 0.6) is 0 Å². The number of nitrogens with zero attached hydrogens (tertiary/aromatic N) is 1. The third-order valence-corrected chi connectivity index (χ3v) is 4.00. The third kappa shape index (κ3) is 5.65. The van der Waals surface area contributed by atoms with Crippen molar-refractivity contribution in [1.82, 2.24) is 5.32 Å². The molecule has 0 heterocycles. The van der Waals surface area contributed by atoms with Gasteiger partial charge < -0.3 is 16.0 Å². The number of carbonyl (C=O) groups is 2. The van der Waals surface area contributed by atoms with Gasteiger partial charge in [-0.1, -0.05) is 24.3 Å². The van der Waals surface area contributed by atoms with Crippen LogP contribution in [0.2, 0.25) is 0 Å². The standard InChI is InChI=1S/C22H17FN4O2/c23-18-9-7-15(8-10-18)14-25-22(29)27-20-6-2-4-17(12-20)21(28)26-19-5-1-3-16(11-19)13-24/h1-12H,14H2,(H,26,28)(H2,25,27,29). The van der Waals surface area contributed by atoms with E-state index in [2.05, 4.69) is 16.0 Å². The molecular formula is C22H17FN4O2. The second-order valence-corrected chi connectivity index (χ2v) is 6.16. The first kappa shape index (κ1) is 19.6. The van der Waals surface area contributed by atoms with Gasteiger partial charge in [0, 0.05) is 23.5 Å². The van der Waals surface area contributed by atoms with E-state index < -0.39 is 6.03 Å². The number of hydrogen-bond donors (Lipinski definition) is 3. The molecule has 0 aliphatic carbocycles. The maximum absolute atomic E-state index is 12.9. The molecule has 3 N–H and O–H groups in total. The highest BCUT2D eigenvalue weighted by atomic mass is 19.1. The molecule has 3 amide bonds.